The van der Waals surface area contributed by atoms with Crippen molar-refractivity contribution in [2.45, 2.75) is 136 Å². The van der Waals surface area contributed by atoms with E-state index < -0.39 is 0 Å². The molecular formula is C33H60N4O8. The summed E-state index contributed by atoms with van der Waals surface area (Å²) in [5.74, 6) is 1.67. The van der Waals surface area contributed by atoms with E-state index in [1.807, 2.05) is 55.4 Å². The molecule has 0 bridgehead atoms. The van der Waals surface area contributed by atoms with E-state index in [-0.39, 0.29) is 83.7 Å². The van der Waals surface area contributed by atoms with Crippen LogP contribution in [0.4, 0.5) is 0 Å². The van der Waals surface area contributed by atoms with Crippen LogP contribution in [-0.4, -0.2) is 94.6 Å². The lowest BCUT2D eigenvalue weighted by Gasteiger charge is -2.33. The second kappa shape index (κ2) is 18.2. The summed E-state index contributed by atoms with van der Waals surface area (Å²) in [5, 5.41) is 38.7. The van der Waals surface area contributed by atoms with Crippen molar-refractivity contribution in [3.05, 3.63) is 0 Å². The van der Waals surface area contributed by atoms with Crippen LogP contribution in [0.5, 0.6) is 0 Å². The van der Waals surface area contributed by atoms with Crippen LogP contribution in [0.1, 0.15) is 93.9 Å². The minimum Gasteiger partial charge on any atom is -0.391 e. The Balaban J connectivity index is 0.000000210. The van der Waals surface area contributed by atoms with Gasteiger partial charge in [0.05, 0.1) is 49.7 Å². The van der Waals surface area contributed by atoms with Gasteiger partial charge in [-0.25, -0.2) is 0 Å². The van der Waals surface area contributed by atoms with Gasteiger partial charge in [-0.2, -0.15) is 0 Å². The summed E-state index contributed by atoms with van der Waals surface area (Å²) in [6.07, 6.45) is 4.29. The van der Waals surface area contributed by atoms with E-state index in [0.29, 0.717) is 17.9 Å². The van der Waals surface area contributed by atoms with Crippen LogP contribution in [-0.2, 0) is 23.9 Å². The largest absolute Gasteiger partial charge is 0.391 e. The van der Waals surface area contributed by atoms with Crippen molar-refractivity contribution in [2.24, 2.45) is 35.5 Å². The molecule has 0 aromatic rings. The van der Waals surface area contributed by atoms with Crippen molar-refractivity contribution in [3.8, 4) is 0 Å². The van der Waals surface area contributed by atoms with Gasteiger partial charge in [0.15, 0.2) is 0 Å². The highest BCUT2D eigenvalue weighted by Crippen LogP contribution is 2.44. The molecule has 1 unspecified atom stereocenters. The Morgan fingerprint density at radius 1 is 0.533 bits per heavy atom. The Kier molecular flexibility index (Phi) is 15.7. The van der Waals surface area contributed by atoms with Gasteiger partial charge in [-0.3, -0.25) is 19.2 Å². The molecule has 4 aliphatic carbocycles. The van der Waals surface area contributed by atoms with Gasteiger partial charge in [-0.1, -0.05) is 55.4 Å². The molecule has 4 saturated carbocycles. The molecule has 12 heteroatoms. The number of fused-ring (bicyclic) bond motifs is 1. The fourth-order valence-corrected chi connectivity index (χ4v) is 4.93. The topological polar surface area (TPSA) is 186 Å². The van der Waals surface area contributed by atoms with Gasteiger partial charge in [0.2, 0.25) is 23.6 Å². The van der Waals surface area contributed by atoms with E-state index >= 15 is 0 Å². The number of rotatable bonds is 8. The summed E-state index contributed by atoms with van der Waals surface area (Å²) in [7, 11) is 0. The zero-order chi connectivity index (χ0) is 34.0. The van der Waals surface area contributed by atoms with Gasteiger partial charge in [0, 0.05) is 41.5 Å². The number of amides is 4. The van der Waals surface area contributed by atoms with Crippen LogP contribution >= 0.6 is 0 Å². The number of carbonyl (C=O) groups is 4. The first-order chi connectivity index (χ1) is 21.0. The number of aliphatic hydroxyl groups is 3. The van der Waals surface area contributed by atoms with Gasteiger partial charge in [0.25, 0.3) is 0 Å². The van der Waals surface area contributed by atoms with E-state index in [0.717, 1.165) is 51.7 Å². The van der Waals surface area contributed by atoms with Crippen LogP contribution in [0, 0.1) is 35.5 Å². The molecule has 4 amide bonds. The van der Waals surface area contributed by atoms with Crippen molar-refractivity contribution in [1.82, 2.24) is 21.3 Å². The van der Waals surface area contributed by atoms with Crippen molar-refractivity contribution < 1.29 is 39.2 Å². The molecule has 1 saturated heterocycles. The molecule has 0 aromatic heterocycles. The molecule has 12 nitrogen and oxygen atoms in total. The third-order valence-electron chi connectivity index (χ3n) is 8.82. The SMILES string of the molecule is CC(C)C(=O)NC1[C@H]2COC[C@@H]12.CC(C)C(=O)N[C@H]1CCC[C@H]1O.CC(C)C(=O)N[C@H]1CC[C@@H]1O.CC(C)C(=O)N[C@H]1C[C@@H]1O. The first kappa shape index (κ1) is 38.9. The Morgan fingerprint density at radius 3 is 1.22 bits per heavy atom. The molecule has 1 heterocycles. The predicted molar refractivity (Wildman–Crippen MR) is 171 cm³/mol. The second-order valence-corrected chi connectivity index (χ2v) is 14.3. The molecule has 0 radical (unpaired) electrons. The standard InChI is InChI=1S/C9H15NO2.C9H17NO2.C8H15NO2.C7H13NO2/c1-5(2)9(11)10-8-6-3-12-4-7(6)8;1-6(2)9(12)10-7-4-3-5-8(7)11;1-5(2)8(11)9-6-3-4-7(6)10;1-4(2)7(10)8-5-3-6(5)9/h5-8H,3-4H2,1-2H3,(H,10,11);6-8,11H,3-5H2,1-2H3,(H,10,12);5-7,10H,3-4H2,1-2H3,(H,9,11);4-6,9H,3H2,1-2H3,(H,8,10)/t6-,7+,8?;7-,8+;6-,7-;5-,6-/m.000/s1. The van der Waals surface area contributed by atoms with Crippen LogP contribution in [0.3, 0.4) is 0 Å². The quantitative estimate of drug-likeness (QED) is 0.207. The maximum Gasteiger partial charge on any atom is 0.222 e. The number of ether oxygens (including phenoxy) is 1. The Hall–Kier alpha value is -2.28. The number of hydrogen-bond acceptors (Lipinski definition) is 8. The number of nitrogens with one attached hydrogen (secondary N) is 4. The van der Waals surface area contributed by atoms with E-state index in [4.69, 9.17) is 14.9 Å². The minimum atomic E-state index is -0.326. The fourth-order valence-electron chi connectivity index (χ4n) is 4.93. The monoisotopic (exact) mass is 640 g/mol. The van der Waals surface area contributed by atoms with Gasteiger partial charge in [0.1, 0.15) is 0 Å². The van der Waals surface area contributed by atoms with E-state index in [1.165, 1.54) is 0 Å². The minimum absolute atomic E-state index is 0.0000926. The molecule has 5 aliphatic rings. The number of hydrogen-bond donors (Lipinski definition) is 7. The summed E-state index contributed by atoms with van der Waals surface area (Å²) < 4.78 is 5.23. The summed E-state index contributed by atoms with van der Waals surface area (Å²) in [4.78, 5) is 44.5. The summed E-state index contributed by atoms with van der Waals surface area (Å²) in [6, 6.07) is 0.480. The van der Waals surface area contributed by atoms with Crippen molar-refractivity contribution >= 4 is 23.6 Å². The van der Waals surface area contributed by atoms with Gasteiger partial charge < -0.3 is 41.3 Å². The van der Waals surface area contributed by atoms with E-state index in [2.05, 4.69) is 21.3 Å². The molecule has 5 rings (SSSR count). The Morgan fingerprint density at radius 2 is 0.911 bits per heavy atom. The van der Waals surface area contributed by atoms with Crippen LogP contribution in [0.2, 0.25) is 0 Å². The Labute approximate surface area is 269 Å². The first-order valence-electron chi connectivity index (χ1n) is 16.9. The smallest absolute Gasteiger partial charge is 0.222 e. The zero-order valence-corrected chi connectivity index (χ0v) is 28.5. The zero-order valence-electron chi connectivity index (χ0n) is 28.5. The fraction of sp³-hybridized carbons (Fsp3) is 0.879. The lowest BCUT2D eigenvalue weighted by molar-refractivity contribution is -0.127. The molecule has 0 spiro atoms. The van der Waals surface area contributed by atoms with Gasteiger partial charge in [-0.05, 0) is 38.5 Å². The highest BCUT2D eigenvalue weighted by molar-refractivity contribution is 5.79. The van der Waals surface area contributed by atoms with Crippen LogP contribution in [0.25, 0.3) is 0 Å². The van der Waals surface area contributed by atoms with Crippen LogP contribution in [0.15, 0.2) is 0 Å². The lowest BCUT2D eigenvalue weighted by atomic mass is 9.89. The van der Waals surface area contributed by atoms with Crippen molar-refractivity contribution in [1.29, 1.82) is 0 Å². The van der Waals surface area contributed by atoms with E-state index in [1.54, 1.807) is 0 Å². The average Bonchev–Trinajstić information content (AvgIpc) is 3.65. The van der Waals surface area contributed by atoms with Crippen molar-refractivity contribution in [3.63, 3.8) is 0 Å². The molecule has 45 heavy (non-hydrogen) atoms. The molecule has 260 valence electrons. The number of aliphatic hydroxyl groups excluding tert-OH is 3. The van der Waals surface area contributed by atoms with E-state index in [9.17, 15) is 24.3 Å². The normalized spacial score (nSPS) is 32.0. The predicted octanol–water partition coefficient (Wildman–Crippen LogP) is 1.25. The molecular weight excluding hydrogens is 580 g/mol. The lowest BCUT2D eigenvalue weighted by Crippen LogP contribution is -2.51. The summed E-state index contributed by atoms with van der Waals surface area (Å²) in [6.45, 7) is 16.6. The maximum atomic E-state index is 11.3. The molecule has 0 aromatic carbocycles. The Bertz CT molecular complexity index is 964. The summed E-state index contributed by atoms with van der Waals surface area (Å²) >= 11 is 0. The number of carbonyl (C=O) groups excluding carboxylic acids is 4. The second-order valence-electron chi connectivity index (χ2n) is 14.3. The highest BCUT2D eigenvalue weighted by atomic mass is 16.5. The molecule has 9 atom stereocenters. The molecule has 7 N–H and O–H groups in total. The summed E-state index contributed by atoms with van der Waals surface area (Å²) in [5.41, 5.74) is 0. The first-order valence-corrected chi connectivity index (χ1v) is 16.9. The maximum absolute atomic E-state index is 11.3. The highest BCUT2D eigenvalue weighted by Gasteiger charge is 2.54. The third-order valence-corrected chi connectivity index (χ3v) is 8.82. The van der Waals surface area contributed by atoms with Gasteiger partial charge in [-0.15, -0.1) is 0 Å². The van der Waals surface area contributed by atoms with Crippen molar-refractivity contribution in [2.75, 3.05) is 13.2 Å². The third kappa shape index (κ3) is 13.2. The van der Waals surface area contributed by atoms with Gasteiger partial charge >= 0.3 is 0 Å². The van der Waals surface area contributed by atoms with Crippen LogP contribution < -0.4 is 21.3 Å². The molecule has 5 fully saturated rings. The molecule has 1 aliphatic heterocycles. The average molecular weight is 641 g/mol.